The normalized spacial score (nSPS) is 12.5. The lowest BCUT2D eigenvalue weighted by atomic mass is 10.1. The van der Waals surface area contributed by atoms with Crippen LogP contribution in [0, 0.1) is 20.8 Å². The second kappa shape index (κ2) is 6.62. The van der Waals surface area contributed by atoms with Gasteiger partial charge < -0.3 is 15.2 Å². The van der Waals surface area contributed by atoms with Crippen LogP contribution in [0.5, 0.6) is 5.75 Å². The lowest BCUT2D eigenvalue weighted by Crippen LogP contribution is -2.32. The first-order valence-corrected chi connectivity index (χ1v) is 6.09. The topological polar surface area (TPSA) is 41.5 Å². The molecule has 96 valence electrons. The van der Waals surface area contributed by atoms with Gasteiger partial charge in [0, 0.05) is 12.6 Å². The van der Waals surface area contributed by atoms with E-state index in [0.29, 0.717) is 6.61 Å². The fraction of sp³-hybridized carbons (Fsp3) is 0.571. The minimum absolute atomic E-state index is 0.124. The van der Waals surface area contributed by atoms with Gasteiger partial charge in [0.15, 0.2) is 0 Å². The number of rotatable bonds is 6. The minimum Gasteiger partial charge on any atom is -0.492 e. The van der Waals surface area contributed by atoms with E-state index in [9.17, 15) is 0 Å². The first kappa shape index (κ1) is 14.0. The Morgan fingerprint density at radius 3 is 2.35 bits per heavy atom. The highest BCUT2D eigenvalue weighted by Gasteiger charge is 2.05. The monoisotopic (exact) mass is 237 g/mol. The Hall–Kier alpha value is -1.06. The lowest BCUT2D eigenvalue weighted by Gasteiger charge is -2.15. The smallest absolute Gasteiger partial charge is 0.125 e. The van der Waals surface area contributed by atoms with Gasteiger partial charge in [0.1, 0.15) is 12.4 Å². The fourth-order valence-corrected chi connectivity index (χ4v) is 1.92. The minimum atomic E-state index is 0.124. The molecule has 0 bridgehead atoms. The predicted octanol–water partition coefficient (Wildman–Crippen LogP) is 1.96. The summed E-state index contributed by atoms with van der Waals surface area (Å²) in [6, 6.07) is 4.39. The van der Waals surface area contributed by atoms with Crippen LogP contribution in [0.2, 0.25) is 0 Å². The third kappa shape index (κ3) is 4.36. The van der Waals surface area contributed by atoms with Crippen LogP contribution in [-0.2, 0) is 0 Å². The van der Waals surface area contributed by atoms with Crippen molar-refractivity contribution in [3.63, 3.8) is 0 Å². The van der Waals surface area contributed by atoms with E-state index in [1.165, 1.54) is 16.7 Å². The molecule has 3 heteroatoms. The molecule has 0 heterocycles. The molecular formula is C14H23NO2. The van der Waals surface area contributed by atoms with Gasteiger partial charge in [0.25, 0.3) is 0 Å². The van der Waals surface area contributed by atoms with Crippen LogP contribution in [0.3, 0.4) is 0 Å². The summed E-state index contributed by atoms with van der Waals surface area (Å²) in [6.45, 7) is 9.70. The third-order valence-corrected chi connectivity index (χ3v) is 2.72. The molecule has 2 N–H and O–H groups in total. The molecule has 1 aromatic carbocycles. The highest BCUT2D eigenvalue weighted by molar-refractivity contribution is 5.42. The van der Waals surface area contributed by atoms with Gasteiger partial charge >= 0.3 is 0 Å². The molecule has 0 aliphatic carbocycles. The van der Waals surface area contributed by atoms with Gasteiger partial charge in [-0.05, 0) is 38.8 Å². The van der Waals surface area contributed by atoms with Gasteiger partial charge in [-0.3, -0.25) is 0 Å². The third-order valence-electron chi connectivity index (χ3n) is 2.72. The number of nitrogens with one attached hydrogen (secondary N) is 1. The zero-order chi connectivity index (χ0) is 12.8. The first-order valence-electron chi connectivity index (χ1n) is 6.09. The van der Waals surface area contributed by atoms with E-state index in [4.69, 9.17) is 9.84 Å². The largest absolute Gasteiger partial charge is 0.492 e. The molecule has 1 unspecified atom stereocenters. The van der Waals surface area contributed by atoms with E-state index < -0.39 is 0 Å². The Labute approximate surface area is 104 Å². The van der Waals surface area contributed by atoms with Gasteiger partial charge in [0.05, 0.1) is 6.61 Å². The second-order valence-corrected chi connectivity index (χ2v) is 4.61. The van der Waals surface area contributed by atoms with Gasteiger partial charge in [-0.2, -0.15) is 0 Å². The maximum atomic E-state index is 8.87. The Balaban J connectivity index is 2.47. The van der Waals surface area contributed by atoms with Crippen molar-refractivity contribution in [2.75, 3.05) is 19.8 Å². The Bertz CT molecular complexity index is 340. The Kier molecular flexibility index (Phi) is 5.45. The molecule has 3 nitrogen and oxygen atoms in total. The van der Waals surface area contributed by atoms with Crippen molar-refractivity contribution < 1.29 is 9.84 Å². The average molecular weight is 237 g/mol. The SMILES string of the molecule is Cc1cc(C)c(OCCNC(C)CO)c(C)c1. The number of hydrogen-bond acceptors (Lipinski definition) is 3. The summed E-state index contributed by atoms with van der Waals surface area (Å²) in [4.78, 5) is 0. The van der Waals surface area contributed by atoms with E-state index >= 15 is 0 Å². The molecule has 0 spiro atoms. The summed E-state index contributed by atoms with van der Waals surface area (Å²) in [5.41, 5.74) is 3.62. The van der Waals surface area contributed by atoms with E-state index in [0.717, 1.165) is 12.3 Å². The fourth-order valence-electron chi connectivity index (χ4n) is 1.92. The highest BCUT2D eigenvalue weighted by atomic mass is 16.5. The molecule has 0 radical (unpaired) electrons. The summed E-state index contributed by atoms with van der Waals surface area (Å²) in [5.74, 6) is 0.981. The number of aryl methyl sites for hydroxylation is 3. The van der Waals surface area contributed by atoms with Crippen molar-refractivity contribution >= 4 is 0 Å². The van der Waals surface area contributed by atoms with Crippen molar-refractivity contribution in [3.05, 3.63) is 28.8 Å². The molecule has 0 saturated carbocycles. The average Bonchev–Trinajstić information content (AvgIpc) is 2.26. The Morgan fingerprint density at radius 1 is 1.24 bits per heavy atom. The summed E-state index contributed by atoms with van der Waals surface area (Å²) < 4.78 is 5.77. The van der Waals surface area contributed by atoms with Crippen molar-refractivity contribution in [1.29, 1.82) is 0 Å². The second-order valence-electron chi connectivity index (χ2n) is 4.61. The van der Waals surface area contributed by atoms with E-state index in [-0.39, 0.29) is 12.6 Å². The van der Waals surface area contributed by atoms with Gasteiger partial charge in [-0.1, -0.05) is 17.7 Å². The van der Waals surface area contributed by atoms with Crippen molar-refractivity contribution in [3.8, 4) is 5.75 Å². The number of ether oxygens (including phenoxy) is 1. The van der Waals surface area contributed by atoms with Crippen molar-refractivity contribution in [2.24, 2.45) is 0 Å². The molecule has 1 rings (SSSR count). The van der Waals surface area contributed by atoms with Crippen LogP contribution in [0.4, 0.5) is 0 Å². The van der Waals surface area contributed by atoms with E-state index in [1.807, 2.05) is 6.92 Å². The standard InChI is InChI=1S/C14H23NO2/c1-10-7-11(2)14(12(3)8-10)17-6-5-15-13(4)9-16/h7-8,13,15-16H,5-6,9H2,1-4H3. The molecule has 0 aromatic heterocycles. The van der Waals surface area contributed by atoms with Crippen LogP contribution in [-0.4, -0.2) is 30.9 Å². The van der Waals surface area contributed by atoms with Crippen LogP contribution in [0.25, 0.3) is 0 Å². The number of benzene rings is 1. The van der Waals surface area contributed by atoms with E-state index in [1.54, 1.807) is 0 Å². The molecule has 1 atom stereocenters. The van der Waals surface area contributed by atoms with Gasteiger partial charge in [-0.25, -0.2) is 0 Å². The summed E-state index contributed by atoms with van der Waals surface area (Å²) >= 11 is 0. The molecule has 0 saturated heterocycles. The van der Waals surface area contributed by atoms with Crippen LogP contribution in [0.1, 0.15) is 23.6 Å². The summed E-state index contributed by atoms with van der Waals surface area (Å²) in [5, 5.41) is 12.0. The van der Waals surface area contributed by atoms with Crippen molar-refractivity contribution in [2.45, 2.75) is 33.7 Å². The number of aliphatic hydroxyl groups is 1. The zero-order valence-electron chi connectivity index (χ0n) is 11.2. The number of hydrogen-bond donors (Lipinski definition) is 2. The van der Waals surface area contributed by atoms with Crippen LogP contribution in [0.15, 0.2) is 12.1 Å². The maximum Gasteiger partial charge on any atom is 0.125 e. The van der Waals surface area contributed by atoms with Crippen LogP contribution >= 0.6 is 0 Å². The predicted molar refractivity (Wildman–Crippen MR) is 70.7 cm³/mol. The van der Waals surface area contributed by atoms with Crippen molar-refractivity contribution in [1.82, 2.24) is 5.32 Å². The quantitative estimate of drug-likeness (QED) is 0.743. The molecule has 17 heavy (non-hydrogen) atoms. The number of aliphatic hydroxyl groups excluding tert-OH is 1. The Morgan fingerprint density at radius 2 is 1.82 bits per heavy atom. The van der Waals surface area contributed by atoms with Crippen LogP contribution < -0.4 is 10.1 Å². The molecule has 0 fully saturated rings. The summed E-state index contributed by atoms with van der Waals surface area (Å²) in [7, 11) is 0. The maximum absolute atomic E-state index is 8.87. The molecule has 0 amide bonds. The first-order chi connectivity index (χ1) is 8.04. The van der Waals surface area contributed by atoms with Gasteiger partial charge in [-0.15, -0.1) is 0 Å². The van der Waals surface area contributed by atoms with E-state index in [2.05, 4.69) is 38.2 Å². The molecular weight excluding hydrogens is 214 g/mol. The highest BCUT2D eigenvalue weighted by Crippen LogP contribution is 2.24. The molecule has 0 aliphatic rings. The summed E-state index contributed by atoms with van der Waals surface area (Å²) in [6.07, 6.45) is 0. The van der Waals surface area contributed by atoms with Gasteiger partial charge in [0.2, 0.25) is 0 Å². The molecule has 0 aliphatic heterocycles. The molecule has 1 aromatic rings. The lowest BCUT2D eigenvalue weighted by molar-refractivity contribution is 0.238. The zero-order valence-corrected chi connectivity index (χ0v) is 11.2.